The third-order valence-corrected chi connectivity index (χ3v) is 3.66. The monoisotopic (exact) mass is 401 g/mol. The maximum atomic E-state index is 11.9. The van der Waals surface area contributed by atoms with Gasteiger partial charge in [0.05, 0.1) is 5.54 Å². The number of hydrogen-bond donors (Lipinski definition) is 2. The normalized spacial score (nSPS) is 19.1. The fraction of sp³-hybridized carbons (Fsp3) is 0.706. The number of carbonyl (C=O) groups is 1. The van der Waals surface area contributed by atoms with Crippen LogP contribution in [0.5, 0.6) is 0 Å². The summed E-state index contributed by atoms with van der Waals surface area (Å²) in [4.78, 5) is 16.2. The molecule has 0 radical (unpaired) electrons. The molecule has 0 aromatic heterocycles. The van der Waals surface area contributed by atoms with Gasteiger partial charge >= 0.3 is 6.09 Å². The van der Waals surface area contributed by atoms with Crippen molar-refractivity contribution in [2.45, 2.75) is 70.5 Å². The highest BCUT2D eigenvalue weighted by atomic mass is 79.9. The first-order valence-corrected chi connectivity index (χ1v) is 8.97. The molecule has 0 aliphatic carbocycles. The molecule has 1 unspecified atom stereocenters. The lowest BCUT2D eigenvalue weighted by Gasteiger charge is -2.28. The molecule has 1 aliphatic heterocycles. The Bertz CT molecular complexity index is 548. The van der Waals surface area contributed by atoms with Crippen LogP contribution in [0.15, 0.2) is 16.6 Å². The fourth-order valence-electron chi connectivity index (χ4n) is 2.01. The quantitative estimate of drug-likeness (QED) is 0.547. The van der Waals surface area contributed by atoms with Crippen LogP contribution in [0.3, 0.4) is 0 Å². The van der Waals surface area contributed by atoms with Gasteiger partial charge in [-0.1, -0.05) is 28.4 Å². The van der Waals surface area contributed by atoms with E-state index in [4.69, 9.17) is 14.9 Å². The Morgan fingerprint density at radius 2 is 2.04 bits per heavy atom. The Kier molecular flexibility index (Phi) is 7.01. The Balaban J connectivity index is 2.67. The van der Waals surface area contributed by atoms with E-state index in [9.17, 15) is 4.79 Å². The molecular formula is C17H28BrN3O3. The number of alkyl carbamates (subject to hydrolysis) is 1. The highest BCUT2D eigenvalue weighted by molar-refractivity contribution is 9.09. The van der Waals surface area contributed by atoms with E-state index in [-0.39, 0.29) is 23.2 Å². The van der Waals surface area contributed by atoms with Crippen molar-refractivity contribution >= 4 is 33.6 Å². The van der Waals surface area contributed by atoms with Crippen molar-refractivity contribution in [3.8, 4) is 0 Å². The van der Waals surface area contributed by atoms with E-state index in [0.29, 0.717) is 0 Å². The van der Waals surface area contributed by atoms with Gasteiger partial charge in [0, 0.05) is 6.42 Å². The van der Waals surface area contributed by atoms with Gasteiger partial charge in [0.2, 0.25) is 5.90 Å². The number of amides is 1. The van der Waals surface area contributed by atoms with Gasteiger partial charge in [-0.15, -0.1) is 0 Å². The first-order valence-electron chi connectivity index (χ1n) is 8.06. The van der Waals surface area contributed by atoms with Crippen LogP contribution in [0.1, 0.15) is 54.4 Å². The largest absolute Gasteiger partial charge is 0.474 e. The highest BCUT2D eigenvalue weighted by Gasteiger charge is 2.27. The van der Waals surface area contributed by atoms with Crippen molar-refractivity contribution in [2.24, 2.45) is 4.99 Å². The predicted octanol–water partition coefficient (Wildman–Crippen LogP) is 4.19. The van der Waals surface area contributed by atoms with Crippen molar-refractivity contribution in [1.82, 2.24) is 5.32 Å². The summed E-state index contributed by atoms with van der Waals surface area (Å²) in [5.74, 6) is 0.277. The van der Waals surface area contributed by atoms with Crippen LogP contribution in [0.25, 0.3) is 0 Å². The second-order valence-electron chi connectivity index (χ2n) is 7.44. The molecule has 1 atom stereocenters. The predicted molar refractivity (Wildman–Crippen MR) is 100 cm³/mol. The number of carbonyl (C=O) groups excluding carboxylic acids is 1. The van der Waals surface area contributed by atoms with Crippen molar-refractivity contribution in [3.63, 3.8) is 0 Å². The van der Waals surface area contributed by atoms with Crippen molar-refractivity contribution < 1.29 is 14.3 Å². The highest BCUT2D eigenvalue weighted by Crippen LogP contribution is 2.21. The number of hydrogen-bond acceptors (Lipinski definition) is 5. The fourth-order valence-corrected chi connectivity index (χ4v) is 2.61. The maximum absolute atomic E-state index is 11.9. The molecule has 2 N–H and O–H groups in total. The lowest BCUT2D eigenvalue weighted by Crippen LogP contribution is -2.49. The number of rotatable bonds is 4. The van der Waals surface area contributed by atoms with Crippen LogP contribution in [0.2, 0.25) is 0 Å². The molecule has 1 amide bonds. The number of nitrogens with zero attached hydrogens (tertiary/aromatic N) is 1. The zero-order valence-electron chi connectivity index (χ0n) is 15.3. The summed E-state index contributed by atoms with van der Waals surface area (Å²) in [6.45, 7) is 11.3. The van der Waals surface area contributed by atoms with E-state index < -0.39 is 17.2 Å². The van der Waals surface area contributed by atoms with E-state index in [1.807, 2.05) is 34.6 Å². The third kappa shape index (κ3) is 7.47. The van der Waals surface area contributed by atoms with E-state index in [2.05, 4.69) is 33.2 Å². The SMILES string of the molecule is CCC1=CC(=N)C(OCC(C)(C)NC(=O)OC(C)(C)C)=NC(Br)C1. The van der Waals surface area contributed by atoms with Crippen LogP contribution in [-0.2, 0) is 9.47 Å². The standard InChI is InChI=1S/C17H28BrN3O3/c1-7-11-8-12(19)14(20-13(18)9-11)23-10-17(5,6)21-15(22)24-16(2,3)4/h8,13,19H,7,9-10H2,1-6H3,(H,21,22). The van der Waals surface area contributed by atoms with Crippen LogP contribution in [0, 0.1) is 5.41 Å². The minimum absolute atomic E-state index is 0.108. The van der Waals surface area contributed by atoms with E-state index >= 15 is 0 Å². The van der Waals surface area contributed by atoms with Gasteiger partial charge in [0.25, 0.3) is 0 Å². The van der Waals surface area contributed by atoms with E-state index in [1.165, 1.54) is 0 Å². The first kappa shape index (κ1) is 20.7. The van der Waals surface area contributed by atoms with Gasteiger partial charge in [-0.3, -0.25) is 5.41 Å². The maximum Gasteiger partial charge on any atom is 0.408 e. The Morgan fingerprint density at radius 3 is 2.58 bits per heavy atom. The summed E-state index contributed by atoms with van der Waals surface area (Å²) in [5.41, 5.74) is 0.188. The molecule has 1 aliphatic rings. The Hall–Kier alpha value is -1.37. The summed E-state index contributed by atoms with van der Waals surface area (Å²) in [7, 11) is 0. The van der Waals surface area contributed by atoms with Crippen LogP contribution < -0.4 is 5.32 Å². The van der Waals surface area contributed by atoms with Crippen molar-refractivity contribution in [2.75, 3.05) is 6.61 Å². The lowest BCUT2D eigenvalue weighted by atomic mass is 10.1. The zero-order chi connectivity index (χ0) is 18.5. The van der Waals surface area contributed by atoms with Crippen LogP contribution >= 0.6 is 15.9 Å². The smallest absolute Gasteiger partial charge is 0.408 e. The molecule has 0 aromatic carbocycles. The molecule has 0 fully saturated rings. The minimum atomic E-state index is -0.656. The topological polar surface area (TPSA) is 83.8 Å². The molecule has 0 saturated heterocycles. The zero-order valence-corrected chi connectivity index (χ0v) is 16.9. The number of aliphatic imine (C=N–C) groups is 1. The molecule has 0 saturated carbocycles. The summed E-state index contributed by atoms with van der Waals surface area (Å²) >= 11 is 3.49. The second kappa shape index (κ2) is 8.14. The van der Waals surface area contributed by atoms with Gasteiger partial charge < -0.3 is 14.8 Å². The molecule has 24 heavy (non-hydrogen) atoms. The van der Waals surface area contributed by atoms with E-state index in [0.717, 1.165) is 18.4 Å². The van der Waals surface area contributed by atoms with Gasteiger partial charge in [-0.05, 0) is 47.1 Å². The molecule has 7 heteroatoms. The lowest BCUT2D eigenvalue weighted by molar-refractivity contribution is 0.0438. The first-order chi connectivity index (χ1) is 10.9. The second-order valence-corrected chi connectivity index (χ2v) is 8.50. The van der Waals surface area contributed by atoms with Crippen LogP contribution in [-0.4, -0.2) is 40.4 Å². The molecule has 0 spiro atoms. The van der Waals surface area contributed by atoms with Crippen molar-refractivity contribution in [3.05, 3.63) is 11.6 Å². The number of ether oxygens (including phenoxy) is 2. The number of halogens is 1. The Labute approximate surface area is 152 Å². The van der Waals surface area contributed by atoms with Gasteiger partial charge in [0.1, 0.15) is 22.9 Å². The average molecular weight is 402 g/mol. The molecule has 0 aromatic rings. The summed E-state index contributed by atoms with van der Waals surface area (Å²) < 4.78 is 11.0. The summed E-state index contributed by atoms with van der Waals surface area (Å²) in [6.07, 6.45) is 2.93. The van der Waals surface area contributed by atoms with Crippen molar-refractivity contribution in [1.29, 1.82) is 5.41 Å². The molecule has 1 heterocycles. The summed E-state index contributed by atoms with van der Waals surface area (Å²) in [5, 5.41) is 10.9. The van der Waals surface area contributed by atoms with Crippen LogP contribution in [0.4, 0.5) is 4.79 Å². The molecule has 6 nitrogen and oxygen atoms in total. The average Bonchev–Trinajstić information content (AvgIpc) is 2.52. The minimum Gasteiger partial charge on any atom is -0.474 e. The molecule has 136 valence electrons. The van der Waals surface area contributed by atoms with E-state index in [1.54, 1.807) is 6.08 Å². The third-order valence-electron chi connectivity index (χ3n) is 3.13. The van der Waals surface area contributed by atoms with Gasteiger partial charge in [0.15, 0.2) is 0 Å². The molecule has 1 rings (SSSR count). The van der Waals surface area contributed by atoms with Gasteiger partial charge in [-0.2, -0.15) is 0 Å². The molecular weight excluding hydrogens is 374 g/mol. The molecule has 0 bridgehead atoms. The number of nitrogens with one attached hydrogen (secondary N) is 2. The summed E-state index contributed by atoms with van der Waals surface area (Å²) in [6, 6.07) is 0. The number of alkyl halides is 1. The van der Waals surface area contributed by atoms with Gasteiger partial charge in [-0.25, -0.2) is 9.79 Å². The Morgan fingerprint density at radius 1 is 1.42 bits per heavy atom.